The smallest absolute Gasteiger partial charge is 0.270 e. The number of carbonyl (C=O) groups is 2. The molecule has 5 nitrogen and oxygen atoms in total. The van der Waals surface area contributed by atoms with Crippen molar-refractivity contribution in [3.8, 4) is 5.75 Å². The number of nitrogens with one attached hydrogen (secondary N) is 1. The van der Waals surface area contributed by atoms with Gasteiger partial charge in [0, 0.05) is 15.2 Å². The van der Waals surface area contributed by atoms with Crippen molar-refractivity contribution in [1.29, 1.82) is 0 Å². The zero-order valence-corrected chi connectivity index (χ0v) is 22.8. The van der Waals surface area contributed by atoms with Crippen LogP contribution in [0.5, 0.6) is 5.75 Å². The van der Waals surface area contributed by atoms with Crippen molar-refractivity contribution in [2.45, 2.75) is 13.8 Å². The van der Waals surface area contributed by atoms with Crippen molar-refractivity contribution in [3.05, 3.63) is 91.8 Å². The first-order chi connectivity index (χ1) is 16.7. The van der Waals surface area contributed by atoms with Crippen LogP contribution >= 0.6 is 51.5 Å². The second-order valence-electron chi connectivity index (χ2n) is 7.81. The Morgan fingerprint density at radius 3 is 2.37 bits per heavy atom. The molecule has 0 atom stereocenters. The van der Waals surface area contributed by atoms with Gasteiger partial charge in [0.2, 0.25) is 0 Å². The van der Waals surface area contributed by atoms with Gasteiger partial charge in [-0.15, -0.1) is 0 Å². The molecule has 0 radical (unpaired) electrons. The maximum Gasteiger partial charge on any atom is 0.270 e. The molecule has 1 N–H and O–H groups in total. The molecule has 178 valence electrons. The van der Waals surface area contributed by atoms with Crippen molar-refractivity contribution < 1.29 is 14.3 Å². The lowest BCUT2D eigenvalue weighted by Gasteiger charge is -2.14. The van der Waals surface area contributed by atoms with Gasteiger partial charge in [0.25, 0.3) is 11.8 Å². The number of benzene rings is 3. The van der Waals surface area contributed by atoms with E-state index in [2.05, 4.69) is 21.2 Å². The van der Waals surface area contributed by atoms with Gasteiger partial charge in [-0.2, -0.15) is 0 Å². The third-order valence-electron chi connectivity index (χ3n) is 5.19. The predicted octanol–water partition coefficient (Wildman–Crippen LogP) is 7.14. The Morgan fingerprint density at radius 1 is 1.11 bits per heavy atom. The van der Waals surface area contributed by atoms with Crippen LogP contribution in [0.4, 0.5) is 11.4 Å². The number of carbonyl (C=O) groups excluding carboxylic acids is 2. The van der Waals surface area contributed by atoms with E-state index >= 15 is 0 Å². The minimum Gasteiger partial charge on any atom is -0.484 e. The summed E-state index contributed by atoms with van der Waals surface area (Å²) in [6, 6.07) is 18.0. The molecule has 0 saturated carbocycles. The number of anilines is 2. The maximum absolute atomic E-state index is 12.9. The van der Waals surface area contributed by atoms with Crippen molar-refractivity contribution in [2.24, 2.45) is 0 Å². The van der Waals surface area contributed by atoms with Crippen LogP contribution in [0, 0.1) is 13.8 Å². The highest BCUT2D eigenvalue weighted by Crippen LogP contribution is 2.36. The van der Waals surface area contributed by atoms with E-state index in [0.717, 1.165) is 26.9 Å². The highest BCUT2D eigenvalue weighted by atomic mass is 79.9. The lowest BCUT2D eigenvalue weighted by atomic mass is 10.1. The van der Waals surface area contributed by atoms with E-state index in [1.54, 1.807) is 42.5 Å². The van der Waals surface area contributed by atoms with Crippen LogP contribution in [0.15, 0.2) is 70.0 Å². The van der Waals surface area contributed by atoms with E-state index in [0.29, 0.717) is 25.7 Å². The highest BCUT2D eigenvalue weighted by molar-refractivity contribution is 9.10. The average Bonchev–Trinajstić information content (AvgIpc) is 3.09. The van der Waals surface area contributed by atoms with E-state index in [-0.39, 0.29) is 18.4 Å². The molecule has 9 heteroatoms. The number of amides is 2. The van der Waals surface area contributed by atoms with Gasteiger partial charge in [-0.25, -0.2) is 0 Å². The molecule has 2 amide bonds. The average molecular weight is 588 g/mol. The minimum atomic E-state index is -0.242. The fourth-order valence-electron chi connectivity index (χ4n) is 3.52. The Labute approximate surface area is 226 Å². The molecule has 0 spiro atoms. The van der Waals surface area contributed by atoms with Crippen LogP contribution in [-0.2, 0) is 9.59 Å². The molecule has 4 rings (SSSR count). The van der Waals surface area contributed by atoms with Crippen molar-refractivity contribution in [1.82, 2.24) is 0 Å². The number of rotatable bonds is 6. The fourth-order valence-corrected chi connectivity index (χ4v) is 5.64. The Morgan fingerprint density at radius 2 is 1.74 bits per heavy atom. The number of nitrogens with zero attached hydrogens (tertiary/aromatic N) is 1. The molecule has 0 aliphatic carbocycles. The second-order valence-corrected chi connectivity index (χ2v) is 10.8. The standard InChI is InChI=1S/C26H20BrClN2O3S2/c1-15-11-18(27)12-16(2)24(15)29-23(31)14-33-21-9-3-17(4-10-21)13-22-25(32)30(26(34)35-22)20-7-5-19(28)6-8-20/h3-13H,14H2,1-2H3,(H,29,31)/b22-13-. The third-order valence-corrected chi connectivity index (χ3v) is 7.20. The Hall–Kier alpha value is -2.65. The highest BCUT2D eigenvalue weighted by Gasteiger charge is 2.33. The van der Waals surface area contributed by atoms with Crippen molar-refractivity contribution >= 4 is 85.1 Å². The number of thiocarbonyl (C=S) groups is 1. The van der Waals surface area contributed by atoms with Gasteiger partial charge in [-0.1, -0.05) is 63.6 Å². The van der Waals surface area contributed by atoms with Crippen LogP contribution in [0.2, 0.25) is 5.02 Å². The van der Waals surface area contributed by atoms with Crippen LogP contribution < -0.4 is 15.0 Å². The number of halogens is 2. The summed E-state index contributed by atoms with van der Waals surface area (Å²) in [7, 11) is 0. The zero-order valence-electron chi connectivity index (χ0n) is 18.8. The topological polar surface area (TPSA) is 58.6 Å². The molecular formula is C26H20BrClN2O3S2. The third kappa shape index (κ3) is 6.13. The molecule has 1 fully saturated rings. The summed E-state index contributed by atoms with van der Waals surface area (Å²) in [4.78, 5) is 27.3. The van der Waals surface area contributed by atoms with Gasteiger partial charge in [0.15, 0.2) is 10.9 Å². The maximum atomic E-state index is 12.9. The Bertz CT molecular complexity index is 1320. The van der Waals surface area contributed by atoms with Gasteiger partial charge < -0.3 is 10.1 Å². The van der Waals surface area contributed by atoms with Crippen LogP contribution in [0.3, 0.4) is 0 Å². The van der Waals surface area contributed by atoms with Crippen LogP contribution in [0.1, 0.15) is 16.7 Å². The van der Waals surface area contributed by atoms with Crippen molar-refractivity contribution in [3.63, 3.8) is 0 Å². The summed E-state index contributed by atoms with van der Waals surface area (Å²) in [5, 5.41) is 3.50. The van der Waals surface area contributed by atoms with Gasteiger partial charge >= 0.3 is 0 Å². The van der Waals surface area contributed by atoms with E-state index in [4.69, 9.17) is 28.6 Å². The molecule has 3 aromatic carbocycles. The summed E-state index contributed by atoms with van der Waals surface area (Å²) >= 11 is 16.1. The SMILES string of the molecule is Cc1cc(Br)cc(C)c1NC(=O)COc1ccc(/C=C2\SC(=S)N(c3ccc(Cl)cc3)C2=O)cc1. The van der Waals surface area contributed by atoms with Gasteiger partial charge in [0.1, 0.15) is 5.75 Å². The first-order valence-electron chi connectivity index (χ1n) is 10.5. The molecule has 1 aliphatic rings. The lowest BCUT2D eigenvalue weighted by Crippen LogP contribution is -2.27. The summed E-state index contributed by atoms with van der Waals surface area (Å²) in [6.45, 7) is 3.76. The number of ether oxygens (including phenoxy) is 1. The predicted molar refractivity (Wildman–Crippen MR) is 151 cm³/mol. The quantitative estimate of drug-likeness (QED) is 0.245. The lowest BCUT2D eigenvalue weighted by molar-refractivity contribution is -0.118. The molecule has 0 unspecified atom stereocenters. The van der Waals surface area contributed by atoms with Crippen LogP contribution in [0.25, 0.3) is 6.08 Å². The molecular weight excluding hydrogens is 568 g/mol. The minimum absolute atomic E-state index is 0.117. The molecule has 1 heterocycles. The molecule has 35 heavy (non-hydrogen) atoms. The Kier molecular flexibility index (Phi) is 7.96. The van der Waals surface area contributed by atoms with E-state index in [9.17, 15) is 9.59 Å². The summed E-state index contributed by atoms with van der Waals surface area (Å²) in [6.07, 6.45) is 1.78. The Balaban J connectivity index is 1.37. The monoisotopic (exact) mass is 586 g/mol. The van der Waals surface area contributed by atoms with E-state index in [1.807, 2.05) is 38.1 Å². The molecule has 0 bridgehead atoms. The molecule has 3 aromatic rings. The van der Waals surface area contributed by atoms with Crippen LogP contribution in [-0.4, -0.2) is 22.7 Å². The summed E-state index contributed by atoms with van der Waals surface area (Å²) in [5.74, 6) is 0.126. The first kappa shape index (κ1) is 25.4. The fraction of sp³-hybridized carbons (Fsp3) is 0.115. The van der Waals surface area contributed by atoms with E-state index in [1.165, 1.54) is 16.7 Å². The number of thioether (sulfide) groups is 1. The van der Waals surface area contributed by atoms with Crippen molar-refractivity contribution in [2.75, 3.05) is 16.8 Å². The molecule has 0 aromatic heterocycles. The normalized spacial score (nSPS) is 14.5. The molecule has 1 saturated heterocycles. The first-order valence-corrected chi connectivity index (χ1v) is 12.9. The van der Waals surface area contributed by atoms with Gasteiger partial charge in [-0.05, 0) is 85.1 Å². The summed E-state index contributed by atoms with van der Waals surface area (Å²) in [5.41, 5.74) is 4.22. The molecule has 1 aliphatic heterocycles. The zero-order chi connectivity index (χ0) is 25.1. The van der Waals surface area contributed by atoms with Gasteiger partial charge in [-0.3, -0.25) is 14.5 Å². The van der Waals surface area contributed by atoms with E-state index < -0.39 is 0 Å². The summed E-state index contributed by atoms with van der Waals surface area (Å²) < 4.78 is 7.07. The number of hydrogen-bond donors (Lipinski definition) is 1. The largest absolute Gasteiger partial charge is 0.484 e. The number of aryl methyl sites for hydroxylation is 2. The van der Waals surface area contributed by atoms with Gasteiger partial charge in [0.05, 0.1) is 10.6 Å². The number of hydrogen-bond acceptors (Lipinski definition) is 5. The second kappa shape index (κ2) is 11.0.